The molecule has 4 aromatic carbocycles. The molecule has 0 aliphatic heterocycles. The number of pyridine rings is 1. The van der Waals surface area contributed by atoms with Crippen LogP contribution < -0.4 is 16.2 Å². The molecule has 0 unspecified atom stereocenters. The Morgan fingerprint density at radius 2 is 1.30 bits per heavy atom. The number of hydrogen-bond acceptors (Lipinski definition) is 5. The predicted molar refractivity (Wildman–Crippen MR) is 174 cm³/mol. The first-order chi connectivity index (χ1) is 21.0. The van der Waals surface area contributed by atoms with Gasteiger partial charge in [0.25, 0.3) is 5.56 Å². The van der Waals surface area contributed by atoms with Crippen molar-refractivity contribution in [2.24, 2.45) is 0 Å². The fourth-order valence-electron chi connectivity index (χ4n) is 4.42. The number of anilines is 2. The van der Waals surface area contributed by atoms with Crippen LogP contribution in [0, 0.1) is 11.3 Å². The summed E-state index contributed by atoms with van der Waals surface area (Å²) in [7, 11) is 3.38. The number of nitriles is 1. The SMILES string of the molecule is CN(C)C=O.N#Cc1ccccc1-c1ccc(CNc2c(NCc3ccccc3)ccn(Cc3ccccc3)c2=O)cc1. The number of amides is 1. The molecule has 216 valence electrons. The van der Waals surface area contributed by atoms with Gasteiger partial charge in [0.05, 0.1) is 23.9 Å². The largest absolute Gasteiger partial charge is 0.379 e. The molecule has 1 heterocycles. The number of nitrogens with one attached hydrogen (secondary N) is 2. The van der Waals surface area contributed by atoms with Crippen LogP contribution in [0.15, 0.2) is 126 Å². The van der Waals surface area contributed by atoms with Crippen LogP contribution in [0.5, 0.6) is 0 Å². The van der Waals surface area contributed by atoms with Crippen molar-refractivity contribution in [3.8, 4) is 17.2 Å². The zero-order chi connectivity index (χ0) is 30.4. The Morgan fingerprint density at radius 1 is 0.744 bits per heavy atom. The molecule has 0 saturated heterocycles. The fraction of sp³-hybridized carbons (Fsp3) is 0.139. The van der Waals surface area contributed by atoms with Crippen LogP contribution in [0.25, 0.3) is 11.1 Å². The summed E-state index contributed by atoms with van der Waals surface area (Å²) < 4.78 is 1.73. The van der Waals surface area contributed by atoms with E-state index in [9.17, 15) is 14.9 Å². The van der Waals surface area contributed by atoms with Crippen molar-refractivity contribution in [3.63, 3.8) is 0 Å². The summed E-state index contributed by atoms with van der Waals surface area (Å²) in [6.07, 6.45) is 2.59. The third kappa shape index (κ3) is 8.69. The minimum atomic E-state index is -0.0773. The monoisotopic (exact) mass is 569 g/mol. The normalized spacial score (nSPS) is 10.1. The number of aromatic nitrogens is 1. The number of nitrogens with zero attached hydrogens (tertiary/aromatic N) is 3. The van der Waals surface area contributed by atoms with Gasteiger partial charge in [-0.25, -0.2) is 0 Å². The van der Waals surface area contributed by atoms with E-state index >= 15 is 0 Å². The summed E-state index contributed by atoms with van der Waals surface area (Å²) in [5.74, 6) is 0. The van der Waals surface area contributed by atoms with E-state index in [1.54, 1.807) is 18.7 Å². The highest BCUT2D eigenvalue weighted by molar-refractivity contribution is 5.71. The maximum atomic E-state index is 13.6. The molecule has 1 amide bonds. The number of benzene rings is 4. The van der Waals surface area contributed by atoms with Gasteiger partial charge in [-0.1, -0.05) is 103 Å². The predicted octanol–water partition coefficient (Wildman–Crippen LogP) is 6.36. The van der Waals surface area contributed by atoms with Gasteiger partial charge in [-0.15, -0.1) is 0 Å². The smallest absolute Gasteiger partial charge is 0.276 e. The lowest BCUT2D eigenvalue weighted by Gasteiger charge is -2.16. The first-order valence-electron chi connectivity index (χ1n) is 14.0. The summed E-state index contributed by atoms with van der Waals surface area (Å²) >= 11 is 0. The molecule has 1 aromatic heterocycles. The Morgan fingerprint density at radius 3 is 1.93 bits per heavy atom. The van der Waals surface area contributed by atoms with E-state index in [0.717, 1.165) is 39.9 Å². The Bertz CT molecular complexity index is 1710. The third-order valence-electron chi connectivity index (χ3n) is 6.68. The van der Waals surface area contributed by atoms with Crippen molar-refractivity contribution < 1.29 is 4.79 Å². The van der Waals surface area contributed by atoms with Gasteiger partial charge in [0.2, 0.25) is 6.41 Å². The molecule has 5 rings (SSSR count). The van der Waals surface area contributed by atoms with Gasteiger partial charge in [0, 0.05) is 33.4 Å². The van der Waals surface area contributed by atoms with Crippen LogP contribution in [0.1, 0.15) is 22.3 Å². The lowest BCUT2D eigenvalue weighted by Crippen LogP contribution is -2.25. The van der Waals surface area contributed by atoms with Crippen molar-refractivity contribution in [2.75, 3.05) is 24.7 Å². The van der Waals surface area contributed by atoms with Gasteiger partial charge in [-0.2, -0.15) is 5.26 Å². The Kier molecular flexibility index (Phi) is 10.9. The molecule has 7 nitrogen and oxygen atoms in total. The van der Waals surface area contributed by atoms with E-state index in [0.29, 0.717) is 30.9 Å². The molecule has 0 aliphatic carbocycles. The Balaban J connectivity index is 0.000000782. The van der Waals surface area contributed by atoms with Gasteiger partial charge in [0.1, 0.15) is 5.69 Å². The molecule has 0 saturated carbocycles. The van der Waals surface area contributed by atoms with Crippen molar-refractivity contribution in [2.45, 2.75) is 19.6 Å². The average Bonchev–Trinajstić information content (AvgIpc) is 3.06. The molecule has 0 spiro atoms. The van der Waals surface area contributed by atoms with Crippen LogP contribution in [0.2, 0.25) is 0 Å². The second kappa shape index (κ2) is 15.4. The van der Waals surface area contributed by atoms with Crippen LogP contribution in [0.4, 0.5) is 11.4 Å². The van der Waals surface area contributed by atoms with Crippen LogP contribution >= 0.6 is 0 Å². The molecule has 43 heavy (non-hydrogen) atoms. The summed E-state index contributed by atoms with van der Waals surface area (Å²) in [4.78, 5) is 24.4. The lowest BCUT2D eigenvalue weighted by molar-refractivity contribution is -0.115. The molecule has 2 N–H and O–H groups in total. The van der Waals surface area contributed by atoms with Gasteiger partial charge >= 0.3 is 0 Å². The molecule has 0 aliphatic rings. The zero-order valence-electron chi connectivity index (χ0n) is 24.4. The number of carbonyl (C=O) groups excluding carboxylic acids is 1. The maximum Gasteiger partial charge on any atom is 0.276 e. The fourth-order valence-corrected chi connectivity index (χ4v) is 4.42. The van der Waals surface area contributed by atoms with Crippen molar-refractivity contribution in [3.05, 3.63) is 154 Å². The van der Waals surface area contributed by atoms with Gasteiger partial charge in [-0.3, -0.25) is 9.59 Å². The summed E-state index contributed by atoms with van der Waals surface area (Å²) in [5, 5.41) is 16.3. The first kappa shape index (κ1) is 30.4. The average molecular weight is 570 g/mol. The summed E-state index contributed by atoms with van der Waals surface area (Å²) in [5.41, 5.74) is 7.02. The summed E-state index contributed by atoms with van der Waals surface area (Å²) in [6.45, 7) is 1.61. The van der Waals surface area contributed by atoms with Crippen molar-refractivity contribution >= 4 is 17.8 Å². The molecule has 0 atom stereocenters. The topological polar surface area (TPSA) is 90.2 Å². The number of hydrogen-bond donors (Lipinski definition) is 2. The Hall–Kier alpha value is -5.61. The van der Waals surface area contributed by atoms with Crippen molar-refractivity contribution in [1.82, 2.24) is 9.47 Å². The molecule has 0 fully saturated rings. The highest BCUT2D eigenvalue weighted by Gasteiger charge is 2.12. The number of rotatable bonds is 10. The van der Waals surface area contributed by atoms with E-state index in [2.05, 4.69) is 28.8 Å². The van der Waals surface area contributed by atoms with Crippen LogP contribution in [-0.4, -0.2) is 30.0 Å². The van der Waals surface area contributed by atoms with E-state index in [1.807, 2.05) is 109 Å². The first-order valence-corrected chi connectivity index (χ1v) is 14.0. The molecular weight excluding hydrogens is 534 g/mol. The Labute approximate surface area is 252 Å². The molecular formula is C36H35N5O2. The van der Waals surface area contributed by atoms with E-state index in [4.69, 9.17) is 0 Å². The lowest BCUT2D eigenvalue weighted by atomic mass is 9.99. The minimum Gasteiger partial charge on any atom is -0.379 e. The highest BCUT2D eigenvalue weighted by atomic mass is 16.1. The quantitative estimate of drug-likeness (QED) is 0.191. The summed E-state index contributed by atoms with van der Waals surface area (Å²) in [6, 6.07) is 40.0. The maximum absolute atomic E-state index is 13.6. The second-order valence-corrected chi connectivity index (χ2v) is 10.1. The standard InChI is InChI=1S/C33H28N4O.C3H7NO/c34-21-29-13-7-8-14-30(29)28-17-15-26(16-18-28)23-36-32-31(35-22-25-9-3-1-4-10-25)19-20-37(33(32)38)24-27-11-5-2-6-12-27;1-4(2)3-5/h1-20,35-36H,22-24H2;3H,1-2H3. The third-order valence-corrected chi connectivity index (χ3v) is 6.68. The zero-order valence-corrected chi connectivity index (χ0v) is 24.4. The molecule has 5 aromatic rings. The highest BCUT2D eigenvalue weighted by Crippen LogP contribution is 2.24. The van der Waals surface area contributed by atoms with Crippen LogP contribution in [0.3, 0.4) is 0 Å². The van der Waals surface area contributed by atoms with E-state index in [1.165, 1.54) is 4.90 Å². The second-order valence-electron chi connectivity index (χ2n) is 10.1. The van der Waals surface area contributed by atoms with E-state index in [-0.39, 0.29) is 5.56 Å². The molecule has 0 radical (unpaired) electrons. The minimum absolute atomic E-state index is 0.0773. The van der Waals surface area contributed by atoms with Gasteiger partial charge in [-0.05, 0) is 39.9 Å². The van der Waals surface area contributed by atoms with Gasteiger partial charge in [0.15, 0.2) is 0 Å². The van der Waals surface area contributed by atoms with E-state index < -0.39 is 0 Å². The molecule has 7 heteroatoms. The molecule has 0 bridgehead atoms. The van der Waals surface area contributed by atoms with Crippen LogP contribution in [-0.2, 0) is 24.4 Å². The van der Waals surface area contributed by atoms with Crippen molar-refractivity contribution in [1.29, 1.82) is 5.26 Å². The number of carbonyl (C=O) groups is 1. The van der Waals surface area contributed by atoms with Gasteiger partial charge < -0.3 is 20.1 Å².